The molecule has 0 bridgehead atoms. The highest BCUT2D eigenvalue weighted by Crippen LogP contribution is 2.43. The summed E-state index contributed by atoms with van der Waals surface area (Å²) in [5, 5.41) is 1.10. The van der Waals surface area contributed by atoms with Crippen molar-refractivity contribution < 1.29 is 27.9 Å². The van der Waals surface area contributed by atoms with E-state index < -0.39 is 14.0 Å². The van der Waals surface area contributed by atoms with Crippen LogP contribution in [-0.2, 0) is 34.3 Å². The summed E-state index contributed by atoms with van der Waals surface area (Å²) < 4.78 is 37.0. The Hall–Kier alpha value is -1.99. The third-order valence-corrected chi connectivity index (χ3v) is 11.1. The minimum atomic E-state index is -0.476. The summed E-state index contributed by atoms with van der Waals surface area (Å²) in [5.74, 6) is 0. The average Bonchev–Trinajstić information content (AvgIpc) is 3.72. The van der Waals surface area contributed by atoms with Crippen molar-refractivity contribution in [1.82, 2.24) is 15.0 Å². The van der Waals surface area contributed by atoms with Crippen LogP contribution in [0.25, 0.3) is 17.0 Å². The lowest BCUT2D eigenvalue weighted by Gasteiger charge is -2.32. The molecule has 3 saturated heterocycles. The zero-order valence-corrected chi connectivity index (χ0v) is 30.9. The van der Waals surface area contributed by atoms with Gasteiger partial charge in [0.15, 0.2) is 0 Å². The first-order chi connectivity index (χ1) is 21.2. The first kappa shape index (κ1) is 35.3. The Morgan fingerprint density at radius 2 is 1.13 bits per heavy atom. The van der Waals surface area contributed by atoms with E-state index in [2.05, 4.69) is 70.7 Å². The molecule has 6 heterocycles. The van der Waals surface area contributed by atoms with Crippen molar-refractivity contribution >= 4 is 59.5 Å². The predicted octanol–water partition coefficient (Wildman–Crippen LogP) is 6.52. The van der Waals surface area contributed by atoms with Gasteiger partial charge in [-0.2, -0.15) is 0 Å². The zero-order valence-electron chi connectivity index (χ0n) is 29.3. The van der Waals surface area contributed by atoms with Gasteiger partial charge in [-0.25, -0.2) is 0 Å². The Bertz CT molecular complexity index is 1520. The number of nitrogens with zero attached hydrogens (tertiary/aromatic N) is 2. The van der Waals surface area contributed by atoms with Crippen LogP contribution in [0.3, 0.4) is 0 Å². The molecule has 0 saturated carbocycles. The zero-order chi connectivity index (χ0) is 33.9. The minimum Gasteiger partial charge on any atom is -0.405 e. The molecule has 1 aliphatic carbocycles. The van der Waals surface area contributed by atoms with Crippen LogP contribution in [0, 0.1) is 0 Å². The number of nitrogens with one attached hydrogen (secondary N) is 1. The Morgan fingerprint density at radius 1 is 0.652 bits per heavy atom. The van der Waals surface area contributed by atoms with Gasteiger partial charge >= 0.3 is 21.1 Å². The van der Waals surface area contributed by atoms with Gasteiger partial charge in [0, 0.05) is 40.1 Å². The number of H-pyrrole nitrogens is 1. The highest BCUT2D eigenvalue weighted by molar-refractivity contribution is 9.10. The van der Waals surface area contributed by atoms with Crippen molar-refractivity contribution in [3.63, 3.8) is 0 Å². The number of halogens is 1. The van der Waals surface area contributed by atoms with Crippen LogP contribution in [-0.4, -0.2) is 69.7 Å². The fourth-order valence-corrected chi connectivity index (χ4v) is 5.80. The predicted molar refractivity (Wildman–Crippen MR) is 189 cm³/mol. The normalized spacial score (nSPS) is 24.0. The molecular weight excluding hydrogens is 647 g/mol. The lowest BCUT2D eigenvalue weighted by atomic mass is 9.49. The van der Waals surface area contributed by atoms with Gasteiger partial charge in [-0.15, -0.1) is 0 Å². The fourth-order valence-electron chi connectivity index (χ4n) is 5.30. The van der Waals surface area contributed by atoms with Crippen molar-refractivity contribution in [2.75, 3.05) is 0 Å². The van der Waals surface area contributed by atoms with Crippen LogP contribution in [0.5, 0.6) is 0 Å². The van der Waals surface area contributed by atoms with E-state index in [1.807, 2.05) is 92.4 Å². The molecule has 3 fully saturated rings. The molecule has 0 radical (unpaired) electrons. The molecule has 13 heteroatoms. The largest absolute Gasteiger partial charge is 0.497 e. The smallest absolute Gasteiger partial charge is 0.405 e. The molecule has 7 rings (SSSR count). The van der Waals surface area contributed by atoms with Gasteiger partial charge in [0.1, 0.15) is 0 Å². The third kappa shape index (κ3) is 6.66. The second kappa shape index (κ2) is 12.2. The molecule has 9 nitrogen and oxygen atoms in total. The van der Waals surface area contributed by atoms with Crippen LogP contribution >= 0.6 is 15.9 Å². The number of rotatable bonds is 2. The maximum absolute atomic E-state index is 6.05. The summed E-state index contributed by atoms with van der Waals surface area (Å²) in [6.07, 6.45) is 14.6. The summed E-state index contributed by atoms with van der Waals surface area (Å²) in [6, 6.07) is 2.03. The molecule has 0 unspecified atom stereocenters. The van der Waals surface area contributed by atoms with E-state index in [1.165, 1.54) is 11.1 Å². The van der Waals surface area contributed by atoms with E-state index in [0.717, 1.165) is 27.3 Å². The number of allylic oxidation sites excluding steroid dienone is 1. The number of hydrogen-bond acceptors (Lipinski definition) is 8. The SMILES string of the molecule is Brc1cncc2c1C=CC2.CC1(C)OB(B2OC(C)(C)C(C)(C)O2)OC1(C)C.CC1(C)OB(c2cncc3[nH]ccc23)OC1(C)C. The van der Waals surface area contributed by atoms with E-state index in [0.29, 0.717) is 0 Å². The summed E-state index contributed by atoms with van der Waals surface area (Å²) in [5.41, 5.74) is 2.50. The molecule has 1 N–H and O–H groups in total. The average molecular weight is 694 g/mol. The molecule has 4 aliphatic rings. The maximum Gasteiger partial charge on any atom is 0.497 e. The van der Waals surface area contributed by atoms with Crippen LogP contribution in [0.4, 0.5) is 0 Å². The Labute approximate surface area is 283 Å². The maximum atomic E-state index is 6.05. The molecule has 246 valence electrons. The highest BCUT2D eigenvalue weighted by atomic mass is 79.9. The second-order valence-corrected chi connectivity index (χ2v) is 16.2. The molecule has 0 spiro atoms. The molecular formula is C33H47B3BrN3O6. The quantitative estimate of drug-likeness (QED) is 0.303. The molecule has 0 atom stereocenters. The first-order valence-corrected chi connectivity index (χ1v) is 16.7. The molecule has 0 aromatic carbocycles. The Kier molecular flexibility index (Phi) is 9.34. The van der Waals surface area contributed by atoms with Gasteiger partial charge in [-0.3, -0.25) is 9.97 Å². The molecule has 3 aromatic heterocycles. The third-order valence-electron chi connectivity index (χ3n) is 10.4. The van der Waals surface area contributed by atoms with E-state index in [-0.39, 0.29) is 40.7 Å². The Morgan fingerprint density at radius 3 is 1.63 bits per heavy atom. The van der Waals surface area contributed by atoms with E-state index >= 15 is 0 Å². The fraction of sp³-hybridized carbons (Fsp3) is 0.576. The molecule has 0 amide bonds. The topological polar surface area (TPSA) is 97.0 Å². The van der Waals surface area contributed by atoms with Crippen LogP contribution in [0.2, 0.25) is 0 Å². The van der Waals surface area contributed by atoms with Crippen LogP contribution in [0.1, 0.15) is 94.2 Å². The van der Waals surface area contributed by atoms with Gasteiger partial charge < -0.3 is 32.9 Å². The second-order valence-electron chi connectivity index (χ2n) is 15.3. The van der Waals surface area contributed by atoms with Gasteiger partial charge in [0.2, 0.25) is 0 Å². The number of aromatic nitrogens is 3. The highest BCUT2D eigenvalue weighted by Gasteiger charge is 2.63. The van der Waals surface area contributed by atoms with Gasteiger partial charge in [-0.05, 0) is 123 Å². The molecule has 3 aromatic rings. The standard InChI is InChI=1S/C13H17BN2O2.C12H24B2O4.C8H6BrN/c1-12(2)13(3,4)18-14(17-12)10-7-15-8-11-9(10)5-6-16-11;1-9(2)10(3,4)16-13(15-9)14-17-11(5,6)12(7,8)18-14;9-8-5-10-4-6-2-1-3-7(6)8/h5-8,16H,1-4H3;1-8H3;1,3-5H,2H2. The molecule has 3 aliphatic heterocycles. The van der Waals surface area contributed by atoms with Crippen LogP contribution in [0.15, 0.2) is 47.6 Å². The summed E-state index contributed by atoms with van der Waals surface area (Å²) in [4.78, 5) is 11.5. The lowest BCUT2D eigenvalue weighted by molar-refractivity contribution is 0.00578. The van der Waals surface area contributed by atoms with Crippen molar-refractivity contribution in [1.29, 1.82) is 0 Å². The van der Waals surface area contributed by atoms with Crippen molar-refractivity contribution in [3.8, 4) is 0 Å². The number of hydrogen-bond donors (Lipinski definition) is 1. The van der Waals surface area contributed by atoms with Crippen molar-refractivity contribution in [2.24, 2.45) is 0 Å². The van der Waals surface area contributed by atoms with Gasteiger partial charge in [0.25, 0.3) is 0 Å². The lowest BCUT2D eigenvalue weighted by Crippen LogP contribution is -2.41. The van der Waals surface area contributed by atoms with Gasteiger partial charge in [-0.1, -0.05) is 12.2 Å². The number of pyridine rings is 2. The van der Waals surface area contributed by atoms with E-state index in [9.17, 15) is 0 Å². The Balaban J connectivity index is 0.000000142. The van der Waals surface area contributed by atoms with Gasteiger partial charge in [0.05, 0.1) is 45.3 Å². The monoisotopic (exact) mass is 693 g/mol. The van der Waals surface area contributed by atoms with Crippen molar-refractivity contribution in [3.05, 3.63) is 58.7 Å². The van der Waals surface area contributed by atoms with E-state index in [1.54, 1.807) is 0 Å². The minimum absolute atomic E-state index is 0.323. The number of aromatic amines is 1. The van der Waals surface area contributed by atoms with Crippen LogP contribution < -0.4 is 5.46 Å². The summed E-state index contributed by atoms with van der Waals surface area (Å²) >= 11 is 3.43. The van der Waals surface area contributed by atoms with E-state index in [4.69, 9.17) is 27.9 Å². The summed E-state index contributed by atoms with van der Waals surface area (Å²) in [7, 11) is -1.31. The molecule has 46 heavy (non-hydrogen) atoms. The summed E-state index contributed by atoms with van der Waals surface area (Å²) in [6.45, 7) is 24.4. The first-order valence-electron chi connectivity index (χ1n) is 15.9. The number of fused-ring (bicyclic) bond motifs is 2. The van der Waals surface area contributed by atoms with Crippen molar-refractivity contribution in [2.45, 2.75) is 123 Å².